The third-order valence-electron chi connectivity index (χ3n) is 3.02. The average molecular weight is 286 g/mol. The Labute approximate surface area is 125 Å². The van der Waals surface area contributed by atoms with Crippen LogP contribution in [0.3, 0.4) is 0 Å². The van der Waals surface area contributed by atoms with Gasteiger partial charge in [-0.15, -0.1) is 0 Å². The Morgan fingerprint density at radius 1 is 1.10 bits per heavy atom. The fraction of sp³-hybridized carbons (Fsp3) is 0.375. The summed E-state index contributed by atoms with van der Waals surface area (Å²) >= 11 is 0. The lowest BCUT2D eigenvalue weighted by Gasteiger charge is -2.10. The number of ether oxygens (including phenoxy) is 1. The molecule has 5 heteroatoms. The van der Waals surface area contributed by atoms with E-state index in [-0.39, 0.29) is 0 Å². The lowest BCUT2D eigenvalue weighted by molar-refractivity contribution is 0.414. The van der Waals surface area contributed by atoms with Crippen molar-refractivity contribution < 1.29 is 4.74 Å². The van der Waals surface area contributed by atoms with E-state index in [2.05, 4.69) is 27.5 Å². The minimum atomic E-state index is 0.675. The first-order valence-corrected chi connectivity index (χ1v) is 7.17. The Balaban J connectivity index is 1.99. The van der Waals surface area contributed by atoms with Gasteiger partial charge in [-0.25, -0.2) is 4.98 Å². The van der Waals surface area contributed by atoms with Crippen LogP contribution < -0.4 is 15.4 Å². The van der Waals surface area contributed by atoms with Gasteiger partial charge in [0, 0.05) is 24.8 Å². The molecule has 1 aromatic heterocycles. The number of hydrogen-bond donors (Lipinski definition) is 2. The number of hydrogen-bond acceptors (Lipinski definition) is 5. The summed E-state index contributed by atoms with van der Waals surface area (Å²) in [6.45, 7) is 5.68. The monoisotopic (exact) mass is 286 g/mol. The summed E-state index contributed by atoms with van der Waals surface area (Å²) in [6, 6.07) is 9.93. The van der Waals surface area contributed by atoms with Crippen LogP contribution in [0.15, 0.2) is 30.3 Å². The van der Waals surface area contributed by atoms with E-state index in [1.54, 1.807) is 7.11 Å². The maximum absolute atomic E-state index is 5.15. The van der Waals surface area contributed by atoms with Crippen molar-refractivity contribution in [2.75, 3.05) is 24.3 Å². The number of aryl methyl sites for hydroxylation is 1. The van der Waals surface area contributed by atoms with Gasteiger partial charge in [0.2, 0.25) is 5.95 Å². The van der Waals surface area contributed by atoms with Crippen LogP contribution in [0, 0.1) is 6.92 Å². The van der Waals surface area contributed by atoms with Crippen LogP contribution in [0.1, 0.15) is 24.6 Å². The van der Waals surface area contributed by atoms with Crippen LogP contribution in [0.5, 0.6) is 5.75 Å². The van der Waals surface area contributed by atoms with Crippen molar-refractivity contribution >= 4 is 11.8 Å². The van der Waals surface area contributed by atoms with Crippen molar-refractivity contribution in [3.05, 3.63) is 41.6 Å². The Bertz CT molecular complexity index is 569. The van der Waals surface area contributed by atoms with Crippen molar-refractivity contribution in [3.8, 4) is 5.75 Å². The second-order valence-electron chi connectivity index (χ2n) is 4.85. The highest BCUT2D eigenvalue weighted by atomic mass is 16.5. The van der Waals surface area contributed by atoms with E-state index in [9.17, 15) is 0 Å². The molecule has 0 saturated heterocycles. The molecule has 0 aliphatic carbocycles. The highest BCUT2D eigenvalue weighted by molar-refractivity contribution is 5.43. The fourth-order valence-corrected chi connectivity index (χ4v) is 1.91. The second kappa shape index (κ2) is 7.47. The zero-order valence-electron chi connectivity index (χ0n) is 12.8. The second-order valence-corrected chi connectivity index (χ2v) is 4.85. The van der Waals surface area contributed by atoms with Crippen LogP contribution in [-0.4, -0.2) is 23.6 Å². The van der Waals surface area contributed by atoms with Gasteiger partial charge in [-0.3, -0.25) is 0 Å². The Hall–Kier alpha value is -2.30. The van der Waals surface area contributed by atoms with E-state index in [0.717, 1.165) is 30.2 Å². The molecule has 2 aromatic rings. The normalized spacial score (nSPS) is 10.2. The predicted octanol–water partition coefficient (Wildman–Crippen LogP) is 3.23. The van der Waals surface area contributed by atoms with Crippen LogP contribution in [0.25, 0.3) is 0 Å². The smallest absolute Gasteiger partial charge is 0.224 e. The summed E-state index contributed by atoms with van der Waals surface area (Å²) in [7, 11) is 1.67. The molecular formula is C16H22N4O. The summed E-state index contributed by atoms with van der Waals surface area (Å²) < 4.78 is 5.15. The topological polar surface area (TPSA) is 59.1 Å². The van der Waals surface area contributed by atoms with Gasteiger partial charge in [0.15, 0.2) is 0 Å². The van der Waals surface area contributed by atoms with Crippen LogP contribution in [0.4, 0.5) is 11.8 Å². The van der Waals surface area contributed by atoms with Gasteiger partial charge in [-0.1, -0.05) is 19.1 Å². The Morgan fingerprint density at radius 2 is 1.86 bits per heavy atom. The number of methoxy groups -OCH3 is 1. The molecule has 0 aliphatic heterocycles. The van der Waals surface area contributed by atoms with E-state index in [1.165, 1.54) is 5.56 Å². The minimum Gasteiger partial charge on any atom is -0.497 e. The molecule has 0 saturated carbocycles. The molecule has 0 radical (unpaired) electrons. The highest BCUT2D eigenvalue weighted by Crippen LogP contribution is 2.14. The summed E-state index contributed by atoms with van der Waals surface area (Å²) in [5, 5.41) is 6.53. The van der Waals surface area contributed by atoms with Gasteiger partial charge in [0.1, 0.15) is 11.6 Å². The van der Waals surface area contributed by atoms with E-state index in [4.69, 9.17) is 4.74 Å². The molecule has 0 aliphatic rings. The molecule has 2 rings (SSSR count). The minimum absolute atomic E-state index is 0.675. The van der Waals surface area contributed by atoms with Gasteiger partial charge in [-0.05, 0) is 31.0 Å². The summed E-state index contributed by atoms with van der Waals surface area (Å²) in [4.78, 5) is 8.83. The van der Waals surface area contributed by atoms with Gasteiger partial charge >= 0.3 is 0 Å². The molecule has 2 N–H and O–H groups in total. The molecule has 1 aromatic carbocycles. The lowest BCUT2D eigenvalue weighted by atomic mass is 10.2. The molecule has 5 nitrogen and oxygen atoms in total. The molecular weight excluding hydrogens is 264 g/mol. The number of nitrogens with one attached hydrogen (secondary N) is 2. The van der Waals surface area contributed by atoms with Gasteiger partial charge in [0.05, 0.1) is 7.11 Å². The SMILES string of the molecule is CCCNc1nc(C)cc(NCc2ccc(OC)cc2)n1. The van der Waals surface area contributed by atoms with E-state index in [1.807, 2.05) is 37.3 Å². The quantitative estimate of drug-likeness (QED) is 0.818. The number of anilines is 2. The third kappa shape index (κ3) is 4.63. The van der Waals surface area contributed by atoms with Crippen molar-refractivity contribution in [1.82, 2.24) is 9.97 Å². The molecule has 0 spiro atoms. The zero-order chi connectivity index (χ0) is 15.1. The van der Waals surface area contributed by atoms with Gasteiger partial charge < -0.3 is 15.4 Å². The number of aromatic nitrogens is 2. The van der Waals surface area contributed by atoms with E-state index >= 15 is 0 Å². The molecule has 0 atom stereocenters. The maximum atomic E-state index is 5.15. The zero-order valence-corrected chi connectivity index (χ0v) is 12.8. The molecule has 0 fully saturated rings. The summed E-state index contributed by atoms with van der Waals surface area (Å²) in [6.07, 6.45) is 1.05. The molecule has 0 amide bonds. The van der Waals surface area contributed by atoms with E-state index in [0.29, 0.717) is 12.5 Å². The van der Waals surface area contributed by atoms with Crippen LogP contribution in [0.2, 0.25) is 0 Å². The first kappa shape index (κ1) is 15.1. The lowest BCUT2D eigenvalue weighted by Crippen LogP contribution is -2.08. The summed E-state index contributed by atoms with van der Waals surface area (Å²) in [5.74, 6) is 2.37. The van der Waals surface area contributed by atoms with Crippen molar-refractivity contribution in [3.63, 3.8) is 0 Å². The third-order valence-corrected chi connectivity index (χ3v) is 3.02. The maximum Gasteiger partial charge on any atom is 0.224 e. The number of nitrogens with zero attached hydrogens (tertiary/aromatic N) is 2. The standard InChI is InChI=1S/C16H22N4O/c1-4-9-17-16-19-12(2)10-15(20-16)18-11-13-5-7-14(21-3)8-6-13/h5-8,10H,4,9,11H2,1-3H3,(H2,17,18,19,20). The predicted molar refractivity (Wildman–Crippen MR) is 85.9 cm³/mol. The molecule has 112 valence electrons. The fourth-order valence-electron chi connectivity index (χ4n) is 1.91. The Morgan fingerprint density at radius 3 is 2.52 bits per heavy atom. The van der Waals surface area contributed by atoms with Crippen molar-refractivity contribution in [2.45, 2.75) is 26.8 Å². The van der Waals surface area contributed by atoms with Crippen molar-refractivity contribution in [2.24, 2.45) is 0 Å². The largest absolute Gasteiger partial charge is 0.497 e. The van der Waals surface area contributed by atoms with Crippen LogP contribution >= 0.6 is 0 Å². The molecule has 1 heterocycles. The highest BCUT2D eigenvalue weighted by Gasteiger charge is 2.02. The molecule has 21 heavy (non-hydrogen) atoms. The van der Waals surface area contributed by atoms with Crippen LogP contribution in [-0.2, 0) is 6.54 Å². The average Bonchev–Trinajstić information content (AvgIpc) is 2.51. The van der Waals surface area contributed by atoms with Gasteiger partial charge in [0.25, 0.3) is 0 Å². The van der Waals surface area contributed by atoms with E-state index < -0.39 is 0 Å². The first-order valence-electron chi connectivity index (χ1n) is 7.17. The number of rotatable bonds is 7. The van der Waals surface area contributed by atoms with Crippen molar-refractivity contribution in [1.29, 1.82) is 0 Å². The molecule has 0 unspecified atom stereocenters. The number of benzene rings is 1. The molecule has 0 bridgehead atoms. The first-order chi connectivity index (χ1) is 10.2. The Kier molecular flexibility index (Phi) is 5.37. The van der Waals surface area contributed by atoms with Gasteiger partial charge in [-0.2, -0.15) is 4.98 Å². The summed E-state index contributed by atoms with van der Waals surface area (Å²) in [5.41, 5.74) is 2.12.